The molecule has 2 aromatic carbocycles. The lowest BCUT2D eigenvalue weighted by Crippen LogP contribution is -2.12. The average molecular weight is 352 g/mol. The Morgan fingerprint density at radius 2 is 1.65 bits per heavy atom. The van der Waals surface area contributed by atoms with Gasteiger partial charge in [0.1, 0.15) is 11.5 Å². The van der Waals surface area contributed by atoms with Gasteiger partial charge in [0.25, 0.3) is 5.91 Å². The molecule has 3 rings (SSSR count). The molecule has 0 spiro atoms. The van der Waals surface area contributed by atoms with Crippen LogP contribution in [0.5, 0.6) is 0 Å². The van der Waals surface area contributed by atoms with Gasteiger partial charge in [-0.3, -0.25) is 14.7 Å². The van der Waals surface area contributed by atoms with E-state index in [1.54, 1.807) is 43.3 Å². The Labute approximate surface area is 149 Å². The molecule has 0 aliphatic carbocycles. The molecule has 0 fully saturated rings. The number of aromatic nitrogens is 2. The van der Waals surface area contributed by atoms with Gasteiger partial charge in [0.2, 0.25) is 5.91 Å². The maximum atomic E-state index is 13.2. The summed E-state index contributed by atoms with van der Waals surface area (Å²) in [7, 11) is 0. The molecule has 7 heteroatoms. The van der Waals surface area contributed by atoms with Gasteiger partial charge in [-0.25, -0.2) is 4.39 Å². The third kappa shape index (κ3) is 3.94. The molecule has 0 saturated carbocycles. The van der Waals surface area contributed by atoms with Crippen molar-refractivity contribution in [1.82, 2.24) is 10.2 Å². The lowest BCUT2D eigenvalue weighted by Gasteiger charge is -2.05. The van der Waals surface area contributed by atoms with Crippen LogP contribution in [0.3, 0.4) is 0 Å². The third-order valence-corrected chi connectivity index (χ3v) is 3.75. The third-order valence-electron chi connectivity index (χ3n) is 3.75. The Morgan fingerprint density at radius 1 is 1.00 bits per heavy atom. The highest BCUT2D eigenvalue weighted by Crippen LogP contribution is 2.23. The maximum absolute atomic E-state index is 13.2. The van der Waals surface area contributed by atoms with E-state index in [0.29, 0.717) is 17.1 Å². The standard InChI is InChI=1S/C19H17FN4O2/c1-11-9-13(20)3-8-16(11)17-10-18(24-23-17)19(26)22-15-6-4-14(5-7-15)21-12(2)25/h3-10H,1-2H3,(H,21,25)(H,22,26)(H,23,24). The molecule has 0 unspecified atom stereocenters. The van der Waals surface area contributed by atoms with Crippen LogP contribution in [0.25, 0.3) is 11.3 Å². The van der Waals surface area contributed by atoms with E-state index < -0.39 is 0 Å². The van der Waals surface area contributed by atoms with Crippen molar-refractivity contribution in [3.05, 3.63) is 65.6 Å². The number of hydrogen-bond acceptors (Lipinski definition) is 3. The number of nitrogens with zero attached hydrogens (tertiary/aromatic N) is 1. The van der Waals surface area contributed by atoms with Gasteiger partial charge in [0.15, 0.2) is 0 Å². The van der Waals surface area contributed by atoms with Gasteiger partial charge in [0, 0.05) is 23.9 Å². The summed E-state index contributed by atoms with van der Waals surface area (Å²) in [5, 5.41) is 12.2. The zero-order valence-corrected chi connectivity index (χ0v) is 14.3. The SMILES string of the molecule is CC(=O)Nc1ccc(NC(=O)c2cc(-c3ccc(F)cc3C)n[nH]2)cc1. The van der Waals surface area contributed by atoms with Gasteiger partial charge in [-0.1, -0.05) is 0 Å². The molecule has 0 atom stereocenters. The largest absolute Gasteiger partial charge is 0.326 e. The lowest BCUT2D eigenvalue weighted by molar-refractivity contribution is -0.114. The first-order valence-electron chi connectivity index (χ1n) is 7.93. The molecule has 0 radical (unpaired) electrons. The minimum Gasteiger partial charge on any atom is -0.326 e. The molecule has 1 heterocycles. The van der Waals surface area contributed by atoms with E-state index in [1.165, 1.54) is 19.1 Å². The van der Waals surface area contributed by atoms with Crippen LogP contribution in [-0.4, -0.2) is 22.0 Å². The molecule has 0 aliphatic rings. The maximum Gasteiger partial charge on any atom is 0.273 e. The highest BCUT2D eigenvalue weighted by molar-refractivity contribution is 6.03. The van der Waals surface area contributed by atoms with Crippen molar-refractivity contribution >= 4 is 23.2 Å². The summed E-state index contributed by atoms with van der Waals surface area (Å²) in [6, 6.07) is 12.8. The molecule has 2 amide bonds. The summed E-state index contributed by atoms with van der Waals surface area (Å²) >= 11 is 0. The fraction of sp³-hybridized carbons (Fsp3) is 0.105. The van der Waals surface area contributed by atoms with E-state index in [0.717, 1.165) is 11.1 Å². The number of H-pyrrole nitrogens is 1. The fourth-order valence-corrected chi connectivity index (χ4v) is 2.53. The Kier molecular flexibility index (Phi) is 4.79. The first kappa shape index (κ1) is 17.3. The molecule has 132 valence electrons. The average Bonchev–Trinajstić information content (AvgIpc) is 3.06. The monoisotopic (exact) mass is 352 g/mol. The molecular weight excluding hydrogens is 335 g/mol. The normalized spacial score (nSPS) is 10.4. The van der Waals surface area contributed by atoms with E-state index in [1.807, 2.05) is 0 Å². The number of rotatable bonds is 4. The first-order valence-corrected chi connectivity index (χ1v) is 7.93. The summed E-state index contributed by atoms with van der Waals surface area (Å²) < 4.78 is 13.2. The zero-order chi connectivity index (χ0) is 18.7. The van der Waals surface area contributed by atoms with Crippen molar-refractivity contribution in [2.75, 3.05) is 10.6 Å². The van der Waals surface area contributed by atoms with Crippen LogP contribution in [0.2, 0.25) is 0 Å². The second-order valence-corrected chi connectivity index (χ2v) is 5.84. The minimum absolute atomic E-state index is 0.164. The van der Waals surface area contributed by atoms with Crippen LogP contribution in [-0.2, 0) is 4.79 Å². The minimum atomic E-state index is -0.351. The van der Waals surface area contributed by atoms with Crippen molar-refractivity contribution in [2.45, 2.75) is 13.8 Å². The molecule has 0 bridgehead atoms. The topological polar surface area (TPSA) is 86.9 Å². The lowest BCUT2D eigenvalue weighted by atomic mass is 10.1. The van der Waals surface area contributed by atoms with Crippen molar-refractivity contribution in [3.63, 3.8) is 0 Å². The van der Waals surface area contributed by atoms with Crippen LogP contribution in [0.15, 0.2) is 48.5 Å². The number of halogens is 1. The molecule has 0 aliphatic heterocycles. The van der Waals surface area contributed by atoms with Crippen LogP contribution >= 0.6 is 0 Å². The first-order chi connectivity index (χ1) is 12.4. The molecule has 3 aromatic rings. The van der Waals surface area contributed by atoms with E-state index >= 15 is 0 Å². The van der Waals surface area contributed by atoms with Gasteiger partial charge in [-0.2, -0.15) is 5.10 Å². The molecule has 6 nitrogen and oxygen atoms in total. The van der Waals surface area contributed by atoms with Crippen LogP contribution < -0.4 is 10.6 Å². The fourth-order valence-electron chi connectivity index (χ4n) is 2.53. The van der Waals surface area contributed by atoms with Gasteiger partial charge < -0.3 is 10.6 Å². The summed E-state index contributed by atoms with van der Waals surface area (Å²) in [6.07, 6.45) is 0. The number of anilines is 2. The highest BCUT2D eigenvalue weighted by atomic mass is 19.1. The number of carbonyl (C=O) groups is 2. The molecule has 3 N–H and O–H groups in total. The van der Waals surface area contributed by atoms with E-state index in [4.69, 9.17) is 0 Å². The van der Waals surface area contributed by atoms with Crippen molar-refractivity contribution in [3.8, 4) is 11.3 Å². The predicted octanol–water partition coefficient (Wildman–Crippen LogP) is 3.73. The number of hydrogen-bond donors (Lipinski definition) is 3. The Bertz CT molecular complexity index is 964. The highest BCUT2D eigenvalue weighted by Gasteiger charge is 2.13. The van der Waals surface area contributed by atoms with Crippen molar-refractivity contribution < 1.29 is 14.0 Å². The van der Waals surface area contributed by atoms with Crippen LogP contribution in [0, 0.1) is 12.7 Å². The summed E-state index contributed by atoms with van der Waals surface area (Å²) in [6.45, 7) is 3.21. The van der Waals surface area contributed by atoms with Gasteiger partial charge in [-0.15, -0.1) is 0 Å². The van der Waals surface area contributed by atoms with Gasteiger partial charge in [-0.05, 0) is 61.0 Å². The quantitative estimate of drug-likeness (QED) is 0.668. The van der Waals surface area contributed by atoms with Crippen molar-refractivity contribution in [2.24, 2.45) is 0 Å². The zero-order valence-electron chi connectivity index (χ0n) is 14.3. The number of nitrogens with one attached hydrogen (secondary N) is 3. The Hall–Kier alpha value is -3.48. The number of amides is 2. The van der Waals surface area contributed by atoms with Gasteiger partial charge >= 0.3 is 0 Å². The smallest absolute Gasteiger partial charge is 0.273 e. The van der Waals surface area contributed by atoms with E-state index in [9.17, 15) is 14.0 Å². The van der Waals surface area contributed by atoms with E-state index in [2.05, 4.69) is 20.8 Å². The molecule has 0 saturated heterocycles. The second-order valence-electron chi connectivity index (χ2n) is 5.84. The van der Waals surface area contributed by atoms with E-state index in [-0.39, 0.29) is 23.3 Å². The van der Waals surface area contributed by atoms with Gasteiger partial charge in [0.05, 0.1) is 5.69 Å². The number of carbonyl (C=O) groups excluding carboxylic acids is 2. The van der Waals surface area contributed by atoms with Crippen LogP contribution in [0.4, 0.5) is 15.8 Å². The second kappa shape index (κ2) is 7.18. The van der Waals surface area contributed by atoms with Crippen molar-refractivity contribution in [1.29, 1.82) is 0 Å². The Morgan fingerprint density at radius 3 is 2.27 bits per heavy atom. The molecule has 1 aromatic heterocycles. The molecular formula is C19H17FN4O2. The molecule has 26 heavy (non-hydrogen) atoms. The predicted molar refractivity (Wildman–Crippen MR) is 97.4 cm³/mol. The summed E-state index contributed by atoms with van der Waals surface area (Å²) in [4.78, 5) is 23.4. The number of aromatic amines is 1. The summed E-state index contributed by atoms with van der Waals surface area (Å²) in [5.41, 5.74) is 3.56. The summed E-state index contributed by atoms with van der Waals surface area (Å²) in [5.74, 6) is -0.832. The Balaban J connectivity index is 1.73. The van der Waals surface area contributed by atoms with Crippen LogP contribution in [0.1, 0.15) is 23.0 Å². The number of benzene rings is 2. The number of aryl methyl sites for hydroxylation is 1.